The second kappa shape index (κ2) is 7.80. The van der Waals surface area contributed by atoms with Gasteiger partial charge in [0, 0.05) is 6.61 Å². The summed E-state index contributed by atoms with van der Waals surface area (Å²) in [6.45, 7) is 6.29. The second-order valence-corrected chi connectivity index (χ2v) is 6.22. The minimum atomic E-state index is -1.11. The fourth-order valence-electron chi connectivity index (χ4n) is 2.69. The minimum absolute atomic E-state index is 0.309. The van der Waals surface area contributed by atoms with Crippen molar-refractivity contribution < 1.29 is 9.13 Å². The van der Waals surface area contributed by atoms with Crippen molar-refractivity contribution in [1.82, 2.24) is 15.0 Å². The van der Waals surface area contributed by atoms with Crippen LogP contribution >= 0.6 is 11.8 Å². The number of fused-ring (bicyclic) bond motifs is 1. The molecule has 0 aliphatic rings. The number of halogens is 1. The lowest BCUT2D eigenvalue weighted by molar-refractivity contribution is -0.00902. The van der Waals surface area contributed by atoms with Crippen LogP contribution in [0.25, 0.3) is 11.0 Å². The topological polar surface area (TPSA) is 52.3 Å². The Morgan fingerprint density at radius 3 is 2.69 bits per heavy atom. The van der Waals surface area contributed by atoms with E-state index in [0.29, 0.717) is 17.3 Å². The summed E-state index contributed by atoms with van der Waals surface area (Å²) in [5.41, 5.74) is 1.06. The summed E-state index contributed by atoms with van der Waals surface area (Å²) < 4.78 is 21.0. The van der Waals surface area contributed by atoms with Gasteiger partial charge in [-0.1, -0.05) is 23.9 Å². The highest BCUT2D eigenvalue weighted by molar-refractivity contribution is 8.13. The highest BCUT2D eigenvalue weighted by Crippen LogP contribution is 2.32. The molecule has 0 aliphatic heterocycles. The first-order valence-corrected chi connectivity index (χ1v) is 9.34. The maximum atomic E-state index is 13.2. The van der Waals surface area contributed by atoms with Crippen LogP contribution in [-0.4, -0.2) is 32.9 Å². The Kier molecular flexibility index (Phi) is 5.49. The highest BCUT2D eigenvalue weighted by Gasteiger charge is 2.38. The quantitative estimate of drug-likeness (QED) is 0.363. The van der Waals surface area contributed by atoms with E-state index < -0.39 is 5.72 Å². The molecule has 0 spiro atoms. The molecule has 0 fully saturated rings. The Morgan fingerprint density at radius 1 is 1.31 bits per heavy atom. The molecular weight excluding hydrogens is 351 g/mol. The van der Waals surface area contributed by atoms with Crippen LogP contribution in [0.3, 0.4) is 0 Å². The zero-order chi connectivity index (χ0) is 18.6. The fourth-order valence-corrected chi connectivity index (χ4v) is 3.40. The van der Waals surface area contributed by atoms with Gasteiger partial charge in [-0.2, -0.15) is 0 Å². The van der Waals surface area contributed by atoms with Gasteiger partial charge in [-0.15, -0.1) is 16.9 Å². The molecule has 7 heteroatoms. The number of aromatic nitrogens is 3. The molecule has 1 atom stereocenters. The standard InChI is InChI=1S/C19H19FN4OS/c1-4-19(25-5-2,24-17-9-7-6-8-16(17)22-23-24)18(26-3)21-15-12-10-14(20)11-13-15/h4,6-13H,1,5H2,2-3H3. The van der Waals surface area contributed by atoms with E-state index >= 15 is 0 Å². The van der Waals surface area contributed by atoms with Crippen molar-refractivity contribution in [3.8, 4) is 0 Å². The molecule has 0 radical (unpaired) electrons. The number of benzene rings is 2. The lowest BCUT2D eigenvalue weighted by Gasteiger charge is -2.31. The van der Waals surface area contributed by atoms with E-state index in [0.717, 1.165) is 11.0 Å². The summed E-state index contributed by atoms with van der Waals surface area (Å²) in [6, 6.07) is 13.6. The van der Waals surface area contributed by atoms with Gasteiger partial charge in [0.1, 0.15) is 16.4 Å². The van der Waals surface area contributed by atoms with E-state index in [1.807, 2.05) is 37.4 Å². The predicted octanol–water partition coefficient (Wildman–Crippen LogP) is 4.54. The van der Waals surface area contributed by atoms with Gasteiger partial charge in [-0.3, -0.25) is 0 Å². The molecular formula is C19H19FN4OS. The molecule has 0 saturated heterocycles. The molecule has 0 aliphatic carbocycles. The molecule has 2 aromatic carbocycles. The summed E-state index contributed by atoms with van der Waals surface area (Å²) in [4.78, 5) is 4.67. The first kappa shape index (κ1) is 18.3. The zero-order valence-corrected chi connectivity index (χ0v) is 15.4. The summed E-state index contributed by atoms with van der Waals surface area (Å²) in [5, 5.41) is 9.14. The monoisotopic (exact) mass is 370 g/mol. The SMILES string of the molecule is C=CC(OCC)(C(=Nc1ccc(F)cc1)SC)n1nnc2ccccc21. The van der Waals surface area contributed by atoms with E-state index in [-0.39, 0.29) is 5.82 Å². The van der Waals surface area contributed by atoms with Gasteiger partial charge in [0.2, 0.25) is 5.72 Å². The number of nitrogens with zero attached hydrogens (tertiary/aromatic N) is 4. The van der Waals surface area contributed by atoms with Crippen LogP contribution < -0.4 is 0 Å². The Morgan fingerprint density at radius 2 is 2.04 bits per heavy atom. The average Bonchev–Trinajstić information content (AvgIpc) is 3.10. The molecule has 3 rings (SSSR count). The third-order valence-corrected chi connectivity index (χ3v) is 4.64. The Labute approximate surface area is 155 Å². The van der Waals surface area contributed by atoms with Crippen LogP contribution in [0.2, 0.25) is 0 Å². The normalized spacial score (nSPS) is 14.3. The van der Waals surface area contributed by atoms with E-state index in [4.69, 9.17) is 4.74 Å². The van der Waals surface area contributed by atoms with Gasteiger partial charge >= 0.3 is 0 Å². The smallest absolute Gasteiger partial charge is 0.231 e. The van der Waals surface area contributed by atoms with E-state index in [1.165, 1.54) is 23.9 Å². The van der Waals surface area contributed by atoms with E-state index in [2.05, 4.69) is 21.9 Å². The lowest BCUT2D eigenvalue weighted by atomic mass is 10.2. The van der Waals surface area contributed by atoms with Crippen LogP contribution in [-0.2, 0) is 10.5 Å². The molecule has 134 valence electrons. The summed E-state index contributed by atoms with van der Waals surface area (Å²) in [7, 11) is 0. The molecule has 0 N–H and O–H groups in total. The molecule has 3 aromatic rings. The second-order valence-electron chi connectivity index (χ2n) is 5.42. The van der Waals surface area contributed by atoms with Crippen LogP contribution in [0.4, 0.5) is 10.1 Å². The maximum Gasteiger partial charge on any atom is 0.231 e. The van der Waals surface area contributed by atoms with Gasteiger partial charge in [0.25, 0.3) is 0 Å². The van der Waals surface area contributed by atoms with Gasteiger partial charge in [-0.25, -0.2) is 14.1 Å². The van der Waals surface area contributed by atoms with Crippen molar-refractivity contribution in [3.05, 3.63) is 67.0 Å². The zero-order valence-electron chi connectivity index (χ0n) is 14.6. The molecule has 1 aromatic heterocycles. The fraction of sp³-hybridized carbons (Fsp3) is 0.211. The van der Waals surface area contributed by atoms with Gasteiger partial charge in [0.15, 0.2) is 0 Å². The van der Waals surface area contributed by atoms with Crippen LogP contribution in [0.15, 0.2) is 66.2 Å². The summed E-state index contributed by atoms with van der Waals surface area (Å²) in [6.07, 6.45) is 3.56. The first-order chi connectivity index (χ1) is 12.6. The number of para-hydroxylation sites is 1. The van der Waals surface area contributed by atoms with Crippen LogP contribution in [0.1, 0.15) is 6.92 Å². The Bertz CT molecular complexity index is 938. The molecule has 1 heterocycles. The van der Waals surface area contributed by atoms with Gasteiger partial charge in [0.05, 0.1) is 11.2 Å². The maximum absolute atomic E-state index is 13.2. The van der Waals surface area contributed by atoms with Gasteiger partial charge < -0.3 is 4.74 Å². The third kappa shape index (κ3) is 3.27. The summed E-state index contributed by atoms with van der Waals surface area (Å²) >= 11 is 1.42. The van der Waals surface area contributed by atoms with Crippen LogP contribution in [0.5, 0.6) is 0 Å². The third-order valence-electron chi connectivity index (χ3n) is 3.86. The first-order valence-electron chi connectivity index (χ1n) is 8.11. The molecule has 1 unspecified atom stereocenters. The number of hydrogen-bond donors (Lipinski definition) is 0. The van der Waals surface area contributed by atoms with Crippen molar-refractivity contribution >= 4 is 33.5 Å². The number of thioether (sulfide) groups is 1. The Balaban J connectivity index is 2.20. The molecule has 0 amide bonds. The average molecular weight is 370 g/mol. The van der Waals surface area contributed by atoms with Gasteiger partial charge in [-0.05, 0) is 55.7 Å². The number of aliphatic imine (C=N–C) groups is 1. The largest absolute Gasteiger partial charge is 0.345 e. The van der Waals surface area contributed by atoms with Crippen molar-refractivity contribution in [3.63, 3.8) is 0 Å². The van der Waals surface area contributed by atoms with Crippen molar-refractivity contribution in [2.75, 3.05) is 12.9 Å². The highest BCUT2D eigenvalue weighted by atomic mass is 32.2. The van der Waals surface area contributed by atoms with Crippen molar-refractivity contribution in [2.24, 2.45) is 4.99 Å². The number of ether oxygens (including phenoxy) is 1. The van der Waals surface area contributed by atoms with E-state index in [1.54, 1.807) is 22.9 Å². The number of hydrogen-bond acceptors (Lipinski definition) is 5. The van der Waals surface area contributed by atoms with Crippen molar-refractivity contribution in [1.29, 1.82) is 0 Å². The Hall–Kier alpha value is -2.51. The molecule has 0 saturated carbocycles. The number of rotatable bonds is 6. The lowest BCUT2D eigenvalue weighted by Crippen LogP contribution is -2.42. The minimum Gasteiger partial charge on any atom is -0.345 e. The van der Waals surface area contributed by atoms with Crippen molar-refractivity contribution in [2.45, 2.75) is 12.6 Å². The molecule has 5 nitrogen and oxygen atoms in total. The predicted molar refractivity (Wildman–Crippen MR) is 104 cm³/mol. The van der Waals surface area contributed by atoms with E-state index in [9.17, 15) is 4.39 Å². The molecule has 0 bridgehead atoms. The van der Waals surface area contributed by atoms with Crippen LogP contribution in [0, 0.1) is 5.82 Å². The summed E-state index contributed by atoms with van der Waals surface area (Å²) in [5.74, 6) is -0.309. The molecule has 26 heavy (non-hydrogen) atoms.